The molecule has 4 rings (SSSR count). The van der Waals surface area contributed by atoms with Crippen molar-refractivity contribution in [2.24, 2.45) is 0 Å². The van der Waals surface area contributed by atoms with E-state index in [1.807, 2.05) is 19.1 Å². The summed E-state index contributed by atoms with van der Waals surface area (Å²) in [5, 5.41) is 9.84. The van der Waals surface area contributed by atoms with E-state index in [0.29, 0.717) is 0 Å². The monoisotopic (exact) mass is 440 g/mol. The first-order valence-electron chi connectivity index (χ1n) is 11.1. The molecule has 32 heavy (non-hydrogen) atoms. The highest BCUT2D eigenvalue weighted by molar-refractivity contribution is 7.80. The van der Waals surface area contributed by atoms with Gasteiger partial charge < -0.3 is 4.90 Å². The molecular formula is C27H28N4S. The third kappa shape index (κ3) is 5.04. The van der Waals surface area contributed by atoms with Crippen molar-refractivity contribution in [3.8, 4) is 6.07 Å². The first-order valence-corrected chi connectivity index (χ1v) is 11.5. The zero-order valence-electron chi connectivity index (χ0n) is 18.4. The number of nitrogens with zero attached hydrogens (tertiary/aromatic N) is 4. The fourth-order valence-corrected chi connectivity index (χ4v) is 4.81. The Balaban J connectivity index is 1.43. The molecule has 0 bridgehead atoms. The van der Waals surface area contributed by atoms with Crippen LogP contribution in [-0.4, -0.2) is 46.0 Å². The fraction of sp³-hybridized carbons (Fsp3) is 0.296. The number of aryl methyl sites for hydroxylation is 1. The quantitative estimate of drug-likeness (QED) is 0.498. The highest BCUT2D eigenvalue weighted by Crippen LogP contribution is 2.30. The Hall–Kier alpha value is -3.07. The second-order valence-electron chi connectivity index (χ2n) is 8.20. The summed E-state index contributed by atoms with van der Waals surface area (Å²) < 4.78 is 0. The molecule has 162 valence electrons. The Morgan fingerprint density at radius 1 is 0.938 bits per heavy atom. The Kier molecular flexibility index (Phi) is 7.26. The summed E-state index contributed by atoms with van der Waals surface area (Å²) in [6, 6.07) is 27.4. The topological polar surface area (TPSA) is 43.2 Å². The average Bonchev–Trinajstić information content (AvgIpc) is 2.85. The third-order valence-corrected chi connectivity index (χ3v) is 6.70. The lowest BCUT2D eigenvalue weighted by atomic mass is 9.88. The number of pyridine rings is 1. The summed E-state index contributed by atoms with van der Waals surface area (Å²) >= 11 is 5.93. The zero-order chi connectivity index (χ0) is 22.3. The molecule has 1 saturated heterocycles. The van der Waals surface area contributed by atoms with Gasteiger partial charge in [-0.3, -0.25) is 9.88 Å². The Labute approximate surface area is 196 Å². The van der Waals surface area contributed by atoms with Crippen molar-refractivity contribution < 1.29 is 0 Å². The van der Waals surface area contributed by atoms with Crippen molar-refractivity contribution in [1.29, 1.82) is 5.26 Å². The second kappa shape index (κ2) is 10.5. The molecule has 1 atom stereocenters. The highest BCUT2D eigenvalue weighted by Gasteiger charge is 2.28. The maximum absolute atomic E-state index is 9.84. The van der Waals surface area contributed by atoms with Gasteiger partial charge in [0.2, 0.25) is 0 Å². The Morgan fingerprint density at radius 2 is 1.53 bits per heavy atom. The van der Waals surface area contributed by atoms with Gasteiger partial charge in [-0.2, -0.15) is 5.26 Å². The Bertz CT molecular complexity index is 1030. The molecule has 2 heterocycles. The number of aromatic nitrogens is 1. The number of benzene rings is 2. The van der Waals surface area contributed by atoms with E-state index in [0.717, 1.165) is 48.8 Å². The van der Waals surface area contributed by atoms with Crippen LogP contribution in [0.25, 0.3) is 0 Å². The summed E-state index contributed by atoms with van der Waals surface area (Å²) in [5.74, 6) is 0.243. The largest absolute Gasteiger partial charge is 0.364 e. The number of nitriles is 1. The van der Waals surface area contributed by atoms with E-state index in [4.69, 9.17) is 12.2 Å². The maximum Gasteiger partial charge on any atom is 0.125 e. The highest BCUT2D eigenvalue weighted by atomic mass is 32.1. The van der Waals surface area contributed by atoms with E-state index in [1.165, 1.54) is 11.1 Å². The lowest BCUT2D eigenvalue weighted by Gasteiger charge is -2.39. The van der Waals surface area contributed by atoms with E-state index in [2.05, 4.69) is 81.5 Å². The van der Waals surface area contributed by atoms with Crippen LogP contribution in [0, 0.1) is 18.3 Å². The van der Waals surface area contributed by atoms with Gasteiger partial charge in [0.25, 0.3) is 0 Å². The molecule has 0 aliphatic carbocycles. The number of hydrogen-bond acceptors (Lipinski definition) is 4. The molecule has 0 N–H and O–H groups in total. The smallest absolute Gasteiger partial charge is 0.125 e. The molecule has 5 heteroatoms. The minimum Gasteiger partial charge on any atom is -0.364 e. The van der Waals surface area contributed by atoms with Crippen LogP contribution in [0.1, 0.15) is 40.8 Å². The fourth-order valence-electron chi connectivity index (χ4n) is 4.47. The standard InChI is InChI=1S/C27H28N4S/c1-21-24(13-8-14-29-21)26(20-28)30-15-17-31(18-16-30)27(32)19-25(22-9-4-2-5-10-22)23-11-6-3-7-12-23/h2-14,25-26H,15-19H2,1H3. The molecule has 0 radical (unpaired) electrons. The molecule has 1 fully saturated rings. The summed E-state index contributed by atoms with van der Waals surface area (Å²) in [4.78, 5) is 9.92. The molecule has 1 aliphatic rings. The van der Waals surface area contributed by atoms with E-state index >= 15 is 0 Å². The van der Waals surface area contributed by atoms with E-state index in [-0.39, 0.29) is 12.0 Å². The van der Waals surface area contributed by atoms with Gasteiger partial charge in [0.1, 0.15) is 6.04 Å². The normalized spacial score (nSPS) is 15.3. The molecule has 0 spiro atoms. The minimum absolute atomic E-state index is 0.243. The summed E-state index contributed by atoms with van der Waals surface area (Å²) in [6.07, 6.45) is 2.59. The van der Waals surface area contributed by atoms with Crippen LogP contribution < -0.4 is 0 Å². The van der Waals surface area contributed by atoms with Crippen molar-refractivity contribution in [2.75, 3.05) is 26.2 Å². The van der Waals surface area contributed by atoms with Gasteiger partial charge >= 0.3 is 0 Å². The van der Waals surface area contributed by atoms with Crippen LogP contribution in [-0.2, 0) is 0 Å². The molecule has 1 aliphatic heterocycles. The van der Waals surface area contributed by atoms with Crippen molar-refractivity contribution in [3.05, 3.63) is 101 Å². The first kappa shape index (κ1) is 22.1. The lowest BCUT2D eigenvalue weighted by molar-refractivity contribution is 0.156. The van der Waals surface area contributed by atoms with Crippen molar-refractivity contribution in [3.63, 3.8) is 0 Å². The predicted molar refractivity (Wildman–Crippen MR) is 132 cm³/mol. The second-order valence-corrected chi connectivity index (χ2v) is 8.68. The van der Waals surface area contributed by atoms with Gasteiger partial charge in [0.15, 0.2) is 0 Å². The van der Waals surface area contributed by atoms with Gasteiger partial charge in [0.05, 0.1) is 11.1 Å². The molecule has 1 aromatic heterocycles. The third-order valence-electron chi connectivity index (χ3n) is 6.28. The van der Waals surface area contributed by atoms with Gasteiger partial charge in [-0.15, -0.1) is 0 Å². The molecule has 1 unspecified atom stereocenters. The van der Waals surface area contributed by atoms with Crippen LogP contribution >= 0.6 is 12.2 Å². The van der Waals surface area contributed by atoms with E-state index < -0.39 is 0 Å². The van der Waals surface area contributed by atoms with Gasteiger partial charge in [-0.1, -0.05) is 78.9 Å². The number of hydrogen-bond donors (Lipinski definition) is 0. The number of piperazine rings is 1. The van der Waals surface area contributed by atoms with E-state index in [1.54, 1.807) is 6.20 Å². The molecule has 2 aromatic carbocycles. The summed E-state index contributed by atoms with van der Waals surface area (Å²) in [5.41, 5.74) is 4.50. The molecule has 4 nitrogen and oxygen atoms in total. The van der Waals surface area contributed by atoms with Gasteiger partial charge in [0, 0.05) is 56.0 Å². The number of rotatable bonds is 6. The molecule has 0 saturated carbocycles. The van der Waals surface area contributed by atoms with Crippen LogP contribution in [0.3, 0.4) is 0 Å². The zero-order valence-corrected chi connectivity index (χ0v) is 19.2. The SMILES string of the molecule is Cc1ncccc1C(C#N)N1CCN(C(=S)CC(c2ccccc2)c2ccccc2)CC1. The van der Waals surface area contributed by atoms with Crippen LogP contribution in [0.4, 0.5) is 0 Å². The van der Waals surface area contributed by atoms with Crippen molar-refractivity contribution in [1.82, 2.24) is 14.8 Å². The van der Waals surface area contributed by atoms with Gasteiger partial charge in [-0.05, 0) is 24.1 Å². The van der Waals surface area contributed by atoms with Crippen molar-refractivity contribution in [2.45, 2.75) is 25.3 Å². The average molecular weight is 441 g/mol. The maximum atomic E-state index is 9.84. The van der Waals surface area contributed by atoms with Crippen LogP contribution in [0.15, 0.2) is 79.0 Å². The minimum atomic E-state index is -0.263. The first-order chi connectivity index (χ1) is 15.7. The molecule has 0 amide bonds. The number of thiocarbonyl (C=S) groups is 1. The summed E-state index contributed by atoms with van der Waals surface area (Å²) in [7, 11) is 0. The van der Waals surface area contributed by atoms with E-state index in [9.17, 15) is 5.26 Å². The molecular weight excluding hydrogens is 412 g/mol. The summed E-state index contributed by atoms with van der Waals surface area (Å²) in [6.45, 7) is 5.28. The van der Waals surface area contributed by atoms with Gasteiger partial charge in [-0.25, -0.2) is 0 Å². The van der Waals surface area contributed by atoms with Crippen molar-refractivity contribution >= 4 is 17.2 Å². The predicted octanol–water partition coefficient (Wildman–Crippen LogP) is 5.12. The molecule has 3 aromatic rings. The lowest BCUT2D eigenvalue weighted by Crippen LogP contribution is -2.49. The van der Waals surface area contributed by atoms with Crippen LogP contribution in [0.5, 0.6) is 0 Å². The van der Waals surface area contributed by atoms with Crippen LogP contribution in [0.2, 0.25) is 0 Å². The Morgan fingerprint density at radius 3 is 2.06 bits per heavy atom.